The van der Waals surface area contributed by atoms with Gasteiger partial charge in [0.2, 0.25) is 0 Å². The summed E-state index contributed by atoms with van der Waals surface area (Å²) in [6.45, 7) is 5.98. The number of pyridine rings is 1. The Labute approximate surface area is 95.1 Å². The Morgan fingerprint density at radius 2 is 2.38 bits per heavy atom. The lowest BCUT2D eigenvalue weighted by Crippen LogP contribution is -2.17. The number of aromatic nitrogens is 1. The number of hydrogen-bond donors (Lipinski definition) is 2. The molecule has 1 atom stereocenters. The molecule has 0 aromatic carbocycles. The average molecular weight is 222 g/mol. The third kappa shape index (κ3) is 3.55. The first kappa shape index (κ1) is 12.5. The second-order valence-electron chi connectivity index (χ2n) is 3.63. The highest BCUT2D eigenvalue weighted by Crippen LogP contribution is 2.16. The third-order valence-corrected chi connectivity index (χ3v) is 2.21. The van der Waals surface area contributed by atoms with Gasteiger partial charge in [-0.1, -0.05) is 26.0 Å². The van der Waals surface area contributed by atoms with Crippen LogP contribution in [0.1, 0.15) is 31.5 Å². The smallest absolute Gasteiger partial charge is 0.251 e. The van der Waals surface area contributed by atoms with Crippen molar-refractivity contribution in [2.24, 2.45) is 5.73 Å². The predicted octanol–water partition coefficient (Wildman–Crippen LogP) is 1.74. The molecule has 0 aliphatic carbocycles. The van der Waals surface area contributed by atoms with Crippen molar-refractivity contribution in [3.63, 3.8) is 0 Å². The van der Waals surface area contributed by atoms with E-state index in [0.29, 0.717) is 18.1 Å². The SMILES string of the molecule is C=CCOc1cc([C@H](N)CCC)[nH]c(=O)c1. The maximum absolute atomic E-state index is 11.4. The van der Waals surface area contributed by atoms with E-state index in [1.165, 1.54) is 6.07 Å². The van der Waals surface area contributed by atoms with Crippen LogP contribution in [0.25, 0.3) is 0 Å². The van der Waals surface area contributed by atoms with E-state index in [2.05, 4.69) is 18.5 Å². The van der Waals surface area contributed by atoms with Gasteiger partial charge >= 0.3 is 0 Å². The van der Waals surface area contributed by atoms with E-state index in [0.717, 1.165) is 12.8 Å². The molecule has 0 spiro atoms. The molecule has 0 bridgehead atoms. The number of hydrogen-bond acceptors (Lipinski definition) is 3. The Morgan fingerprint density at radius 1 is 1.62 bits per heavy atom. The minimum absolute atomic E-state index is 0.148. The van der Waals surface area contributed by atoms with E-state index in [9.17, 15) is 4.79 Å². The van der Waals surface area contributed by atoms with Crippen LogP contribution in [-0.2, 0) is 0 Å². The lowest BCUT2D eigenvalue weighted by atomic mass is 10.1. The second kappa shape index (κ2) is 6.12. The van der Waals surface area contributed by atoms with Crippen LogP contribution in [0, 0.1) is 0 Å². The van der Waals surface area contributed by atoms with Gasteiger partial charge in [-0.2, -0.15) is 0 Å². The Hall–Kier alpha value is -1.55. The van der Waals surface area contributed by atoms with E-state index in [1.807, 2.05) is 0 Å². The van der Waals surface area contributed by atoms with Gasteiger partial charge in [-0.3, -0.25) is 4.79 Å². The molecule has 0 aliphatic rings. The predicted molar refractivity (Wildman–Crippen MR) is 64.6 cm³/mol. The van der Waals surface area contributed by atoms with Gasteiger partial charge in [0.05, 0.1) is 0 Å². The molecular weight excluding hydrogens is 204 g/mol. The summed E-state index contributed by atoms with van der Waals surface area (Å²) in [5.41, 5.74) is 6.45. The maximum Gasteiger partial charge on any atom is 0.251 e. The molecule has 88 valence electrons. The van der Waals surface area contributed by atoms with Gasteiger partial charge in [-0.15, -0.1) is 0 Å². The van der Waals surface area contributed by atoms with E-state index in [-0.39, 0.29) is 11.6 Å². The molecule has 1 rings (SSSR count). The molecule has 0 radical (unpaired) electrons. The summed E-state index contributed by atoms with van der Waals surface area (Å²) in [5, 5.41) is 0. The van der Waals surface area contributed by atoms with Crippen molar-refractivity contribution in [3.05, 3.63) is 40.8 Å². The van der Waals surface area contributed by atoms with Gasteiger partial charge in [-0.05, 0) is 6.42 Å². The summed E-state index contributed by atoms with van der Waals surface area (Å²) in [4.78, 5) is 14.1. The molecule has 1 aromatic rings. The molecule has 0 amide bonds. The van der Waals surface area contributed by atoms with Gasteiger partial charge in [0.1, 0.15) is 12.4 Å². The Bertz CT molecular complexity index is 398. The number of nitrogens with one attached hydrogen (secondary N) is 1. The Morgan fingerprint density at radius 3 is 3.00 bits per heavy atom. The third-order valence-electron chi connectivity index (χ3n) is 2.21. The fraction of sp³-hybridized carbons (Fsp3) is 0.417. The summed E-state index contributed by atoms with van der Waals surface area (Å²) >= 11 is 0. The van der Waals surface area contributed by atoms with Crippen LogP contribution in [0.5, 0.6) is 5.75 Å². The van der Waals surface area contributed by atoms with Crippen LogP contribution in [0.3, 0.4) is 0 Å². The molecule has 0 unspecified atom stereocenters. The van der Waals surface area contributed by atoms with E-state index in [4.69, 9.17) is 10.5 Å². The maximum atomic E-state index is 11.4. The zero-order valence-electron chi connectivity index (χ0n) is 9.53. The molecule has 4 nitrogen and oxygen atoms in total. The van der Waals surface area contributed by atoms with E-state index >= 15 is 0 Å². The van der Waals surface area contributed by atoms with Gasteiger partial charge in [0, 0.05) is 23.9 Å². The minimum atomic E-state index is -0.192. The van der Waals surface area contributed by atoms with Gasteiger partial charge in [-0.25, -0.2) is 0 Å². The van der Waals surface area contributed by atoms with Crippen LogP contribution in [0.4, 0.5) is 0 Å². The topological polar surface area (TPSA) is 68.1 Å². The molecular formula is C12H18N2O2. The molecule has 3 N–H and O–H groups in total. The number of rotatable bonds is 6. The average Bonchev–Trinajstić information content (AvgIpc) is 2.26. The highest BCUT2D eigenvalue weighted by Gasteiger charge is 2.07. The monoisotopic (exact) mass is 222 g/mol. The first-order valence-corrected chi connectivity index (χ1v) is 5.41. The molecule has 1 aromatic heterocycles. The lowest BCUT2D eigenvalue weighted by molar-refractivity contribution is 0.361. The van der Waals surface area contributed by atoms with Crippen molar-refractivity contribution >= 4 is 0 Å². The first-order chi connectivity index (χ1) is 7.67. The van der Waals surface area contributed by atoms with E-state index in [1.54, 1.807) is 12.1 Å². The molecule has 16 heavy (non-hydrogen) atoms. The van der Waals surface area contributed by atoms with Crippen LogP contribution in [-0.4, -0.2) is 11.6 Å². The summed E-state index contributed by atoms with van der Waals surface area (Å²) in [7, 11) is 0. The van der Waals surface area contributed by atoms with Crippen molar-refractivity contribution in [2.45, 2.75) is 25.8 Å². The number of ether oxygens (including phenoxy) is 1. The molecule has 4 heteroatoms. The lowest BCUT2D eigenvalue weighted by Gasteiger charge is -2.11. The zero-order chi connectivity index (χ0) is 12.0. The summed E-state index contributed by atoms with van der Waals surface area (Å²) in [6.07, 6.45) is 3.44. The number of aromatic amines is 1. The van der Waals surface area contributed by atoms with Gasteiger partial charge < -0.3 is 15.5 Å². The highest BCUT2D eigenvalue weighted by atomic mass is 16.5. The Balaban J connectivity index is 2.88. The number of H-pyrrole nitrogens is 1. The van der Waals surface area contributed by atoms with Crippen molar-refractivity contribution in [1.29, 1.82) is 0 Å². The van der Waals surface area contributed by atoms with Crippen LogP contribution >= 0.6 is 0 Å². The van der Waals surface area contributed by atoms with E-state index < -0.39 is 0 Å². The quantitative estimate of drug-likeness (QED) is 0.720. The zero-order valence-corrected chi connectivity index (χ0v) is 9.53. The standard InChI is InChI=1S/C12H18N2O2/c1-3-5-10(13)11-7-9(16-6-4-2)8-12(15)14-11/h4,7-8,10H,2-3,5-6,13H2,1H3,(H,14,15)/t10-/m1/s1. The second-order valence-corrected chi connectivity index (χ2v) is 3.63. The highest BCUT2D eigenvalue weighted by molar-refractivity contribution is 5.24. The molecule has 1 heterocycles. The summed E-state index contributed by atoms with van der Waals surface area (Å²) in [5.74, 6) is 0.533. The van der Waals surface area contributed by atoms with Gasteiger partial charge in [0.25, 0.3) is 5.56 Å². The van der Waals surface area contributed by atoms with Crippen molar-refractivity contribution in [1.82, 2.24) is 4.98 Å². The van der Waals surface area contributed by atoms with Crippen molar-refractivity contribution in [2.75, 3.05) is 6.61 Å². The summed E-state index contributed by atoms with van der Waals surface area (Å²) in [6, 6.07) is 3.03. The Kier molecular flexibility index (Phi) is 4.79. The molecule has 0 saturated carbocycles. The van der Waals surface area contributed by atoms with Crippen molar-refractivity contribution < 1.29 is 4.74 Å². The summed E-state index contributed by atoms with van der Waals surface area (Å²) < 4.78 is 5.31. The molecule has 0 saturated heterocycles. The normalized spacial score (nSPS) is 12.1. The van der Waals surface area contributed by atoms with Crippen LogP contribution < -0.4 is 16.0 Å². The largest absolute Gasteiger partial charge is 0.489 e. The fourth-order valence-electron chi connectivity index (χ4n) is 1.44. The fourth-order valence-corrected chi connectivity index (χ4v) is 1.44. The first-order valence-electron chi connectivity index (χ1n) is 5.41. The number of nitrogens with two attached hydrogens (primary N) is 1. The van der Waals surface area contributed by atoms with Crippen LogP contribution in [0.2, 0.25) is 0 Å². The van der Waals surface area contributed by atoms with Crippen molar-refractivity contribution in [3.8, 4) is 5.75 Å². The minimum Gasteiger partial charge on any atom is -0.489 e. The van der Waals surface area contributed by atoms with Crippen LogP contribution in [0.15, 0.2) is 29.6 Å². The molecule has 0 fully saturated rings. The van der Waals surface area contributed by atoms with Gasteiger partial charge in [0.15, 0.2) is 0 Å². The molecule has 0 aliphatic heterocycles.